The lowest BCUT2D eigenvalue weighted by molar-refractivity contribution is 0.421. The average molecular weight is 338 g/mol. The highest BCUT2D eigenvalue weighted by Crippen LogP contribution is 2.21. The molecule has 1 fully saturated rings. The van der Waals surface area contributed by atoms with Gasteiger partial charge in [0.15, 0.2) is 0 Å². The summed E-state index contributed by atoms with van der Waals surface area (Å²) in [7, 11) is 0. The summed E-state index contributed by atoms with van der Waals surface area (Å²) < 4.78 is 0. The van der Waals surface area contributed by atoms with E-state index < -0.39 is 0 Å². The molecule has 0 unspecified atom stereocenters. The Morgan fingerprint density at radius 1 is 1.04 bits per heavy atom. The zero-order valence-corrected chi connectivity index (χ0v) is 15.5. The first-order valence-electron chi connectivity index (χ1n) is 9.56. The van der Waals surface area contributed by atoms with Crippen molar-refractivity contribution in [3.05, 3.63) is 54.0 Å². The standard InChI is InChI=1S/C21H30N4/c1-17(2)14-20(19-8-4-5-10-22-19)24-16-18-9-11-23-21(15-18)25-12-6-3-7-13-25/h4-5,8-11,15,17,20,24H,3,6-7,12-14,16H2,1-2H3/t20-/m0/s1. The van der Waals surface area contributed by atoms with Crippen LogP contribution in [0.3, 0.4) is 0 Å². The van der Waals surface area contributed by atoms with Crippen LogP contribution in [0.5, 0.6) is 0 Å². The molecule has 0 bridgehead atoms. The van der Waals surface area contributed by atoms with Crippen LogP contribution in [0, 0.1) is 5.92 Å². The van der Waals surface area contributed by atoms with Crippen molar-refractivity contribution in [2.75, 3.05) is 18.0 Å². The third-order valence-corrected chi connectivity index (χ3v) is 4.79. The zero-order valence-electron chi connectivity index (χ0n) is 15.5. The van der Waals surface area contributed by atoms with Crippen LogP contribution >= 0.6 is 0 Å². The van der Waals surface area contributed by atoms with E-state index in [-0.39, 0.29) is 6.04 Å². The molecule has 1 saturated heterocycles. The fourth-order valence-corrected chi connectivity index (χ4v) is 3.47. The lowest BCUT2D eigenvalue weighted by atomic mass is 10.0. The second-order valence-corrected chi connectivity index (χ2v) is 7.39. The minimum atomic E-state index is 0.285. The van der Waals surface area contributed by atoms with Gasteiger partial charge in [-0.15, -0.1) is 0 Å². The van der Waals surface area contributed by atoms with Crippen LogP contribution in [0.4, 0.5) is 5.82 Å². The quantitative estimate of drug-likeness (QED) is 0.815. The number of nitrogens with zero attached hydrogens (tertiary/aromatic N) is 3. The molecule has 4 heteroatoms. The Hall–Kier alpha value is -1.94. The highest BCUT2D eigenvalue weighted by molar-refractivity contribution is 5.41. The number of pyridine rings is 2. The van der Waals surface area contributed by atoms with E-state index in [1.54, 1.807) is 0 Å². The molecule has 1 aliphatic heterocycles. The molecule has 0 aliphatic carbocycles. The van der Waals surface area contributed by atoms with Gasteiger partial charge in [-0.2, -0.15) is 0 Å². The third-order valence-electron chi connectivity index (χ3n) is 4.79. The number of nitrogens with one attached hydrogen (secondary N) is 1. The van der Waals surface area contributed by atoms with Crippen LogP contribution in [0.1, 0.15) is 56.8 Å². The first-order valence-corrected chi connectivity index (χ1v) is 9.56. The van der Waals surface area contributed by atoms with Gasteiger partial charge >= 0.3 is 0 Å². The molecule has 134 valence electrons. The molecule has 1 N–H and O–H groups in total. The summed E-state index contributed by atoms with van der Waals surface area (Å²) in [6.07, 6.45) is 8.81. The summed E-state index contributed by atoms with van der Waals surface area (Å²) in [5, 5.41) is 3.71. The monoisotopic (exact) mass is 338 g/mol. The number of hydrogen-bond acceptors (Lipinski definition) is 4. The third kappa shape index (κ3) is 5.27. The Bertz CT molecular complexity index is 635. The summed E-state index contributed by atoms with van der Waals surface area (Å²) in [6, 6.07) is 10.8. The van der Waals surface area contributed by atoms with Crippen molar-refractivity contribution in [2.45, 2.75) is 52.1 Å². The molecule has 3 rings (SSSR count). The molecule has 0 saturated carbocycles. The number of anilines is 1. The number of aromatic nitrogens is 2. The lowest BCUT2D eigenvalue weighted by Gasteiger charge is -2.28. The van der Waals surface area contributed by atoms with Crippen LogP contribution in [-0.4, -0.2) is 23.1 Å². The van der Waals surface area contributed by atoms with Gasteiger partial charge in [-0.25, -0.2) is 4.98 Å². The maximum Gasteiger partial charge on any atom is 0.128 e. The van der Waals surface area contributed by atoms with Gasteiger partial charge in [0.2, 0.25) is 0 Å². The largest absolute Gasteiger partial charge is 0.357 e. The first-order chi connectivity index (χ1) is 12.2. The molecule has 0 amide bonds. The smallest absolute Gasteiger partial charge is 0.128 e. The van der Waals surface area contributed by atoms with Crippen molar-refractivity contribution in [1.29, 1.82) is 0 Å². The summed E-state index contributed by atoms with van der Waals surface area (Å²) in [5.41, 5.74) is 2.42. The van der Waals surface area contributed by atoms with Crippen molar-refractivity contribution in [1.82, 2.24) is 15.3 Å². The molecular weight excluding hydrogens is 308 g/mol. The summed E-state index contributed by atoms with van der Waals surface area (Å²) in [6.45, 7) is 7.63. The molecule has 3 heterocycles. The van der Waals surface area contributed by atoms with Crippen LogP contribution in [-0.2, 0) is 6.54 Å². The number of rotatable bonds is 7. The van der Waals surface area contributed by atoms with E-state index in [1.165, 1.54) is 24.8 Å². The number of hydrogen-bond donors (Lipinski definition) is 1. The Kier molecular flexibility index (Phi) is 6.40. The molecule has 0 radical (unpaired) electrons. The SMILES string of the molecule is CC(C)C[C@H](NCc1ccnc(N2CCCCC2)c1)c1ccccn1. The maximum absolute atomic E-state index is 4.58. The minimum absolute atomic E-state index is 0.285. The minimum Gasteiger partial charge on any atom is -0.357 e. The van der Waals surface area contributed by atoms with Gasteiger partial charge in [-0.05, 0) is 61.4 Å². The maximum atomic E-state index is 4.58. The molecule has 4 nitrogen and oxygen atoms in total. The molecule has 1 aliphatic rings. The van der Waals surface area contributed by atoms with Crippen LogP contribution in [0.25, 0.3) is 0 Å². The fourth-order valence-electron chi connectivity index (χ4n) is 3.47. The fraction of sp³-hybridized carbons (Fsp3) is 0.524. The van der Waals surface area contributed by atoms with E-state index in [0.29, 0.717) is 5.92 Å². The van der Waals surface area contributed by atoms with Gasteiger partial charge in [0.1, 0.15) is 5.82 Å². The van der Waals surface area contributed by atoms with E-state index in [1.807, 2.05) is 18.5 Å². The molecule has 0 aromatic carbocycles. The molecule has 2 aromatic rings. The first kappa shape index (κ1) is 17.9. The van der Waals surface area contributed by atoms with Crippen molar-refractivity contribution in [2.24, 2.45) is 5.92 Å². The van der Waals surface area contributed by atoms with Crippen molar-refractivity contribution in [3.8, 4) is 0 Å². The van der Waals surface area contributed by atoms with Gasteiger partial charge in [-0.1, -0.05) is 19.9 Å². The van der Waals surface area contributed by atoms with E-state index >= 15 is 0 Å². The van der Waals surface area contributed by atoms with Gasteiger partial charge in [0.05, 0.1) is 5.69 Å². The molecule has 25 heavy (non-hydrogen) atoms. The Labute approximate surface area is 151 Å². The second-order valence-electron chi connectivity index (χ2n) is 7.39. The summed E-state index contributed by atoms with van der Waals surface area (Å²) in [5.74, 6) is 1.75. The van der Waals surface area contributed by atoms with Gasteiger partial charge in [0.25, 0.3) is 0 Å². The normalized spacial score (nSPS) is 16.2. The van der Waals surface area contributed by atoms with Gasteiger partial charge in [0, 0.05) is 38.1 Å². The van der Waals surface area contributed by atoms with Gasteiger partial charge < -0.3 is 10.2 Å². The predicted octanol–water partition coefficient (Wildman–Crippen LogP) is 4.34. The summed E-state index contributed by atoms with van der Waals surface area (Å²) >= 11 is 0. The number of piperidine rings is 1. The topological polar surface area (TPSA) is 41.1 Å². The van der Waals surface area contributed by atoms with Crippen LogP contribution in [0.2, 0.25) is 0 Å². The molecular formula is C21H30N4. The van der Waals surface area contributed by atoms with Gasteiger partial charge in [-0.3, -0.25) is 4.98 Å². The Morgan fingerprint density at radius 2 is 1.88 bits per heavy atom. The molecule has 2 aromatic heterocycles. The highest BCUT2D eigenvalue weighted by atomic mass is 15.2. The van der Waals surface area contributed by atoms with Crippen LogP contribution in [0.15, 0.2) is 42.7 Å². The Balaban J connectivity index is 1.66. The van der Waals surface area contributed by atoms with E-state index in [9.17, 15) is 0 Å². The predicted molar refractivity (Wildman–Crippen MR) is 104 cm³/mol. The second kappa shape index (κ2) is 8.95. The van der Waals surface area contributed by atoms with Crippen molar-refractivity contribution >= 4 is 5.82 Å². The lowest BCUT2D eigenvalue weighted by Crippen LogP contribution is -2.30. The van der Waals surface area contributed by atoms with Crippen LogP contribution < -0.4 is 10.2 Å². The van der Waals surface area contributed by atoms with Crippen molar-refractivity contribution < 1.29 is 0 Å². The zero-order chi connectivity index (χ0) is 17.5. The van der Waals surface area contributed by atoms with Crippen molar-refractivity contribution in [3.63, 3.8) is 0 Å². The average Bonchev–Trinajstić information content (AvgIpc) is 2.66. The Morgan fingerprint density at radius 3 is 2.60 bits per heavy atom. The van der Waals surface area contributed by atoms with E-state index in [2.05, 4.69) is 58.3 Å². The summed E-state index contributed by atoms with van der Waals surface area (Å²) in [4.78, 5) is 11.5. The molecule has 0 spiro atoms. The highest BCUT2D eigenvalue weighted by Gasteiger charge is 2.15. The van der Waals surface area contributed by atoms with E-state index in [0.717, 1.165) is 37.6 Å². The van der Waals surface area contributed by atoms with E-state index in [4.69, 9.17) is 0 Å². The molecule has 1 atom stereocenters.